The number of carbonyl (C=O) groups is 1. The first-order valence-corrected chi connectivity index (χ1v) is 16.0. The molecule has 2 aliphatic rings. The number of rotatable bonds is 12. The van der Waals surface area contributed by atoms with Crippen molar-refractivity contribution in [3.8, 4) is 27.7 Å². The standard InChI is InChI=1S/C35H38O8S/c1-37-32(38-2)22-41-25-13-9-23(10-14-25)34(36)33-28-18-17-27(43-31-8-4-6-20-40-31)21-29(28)44-35(33)24-11-15-26(16-12-24)42-30-7-3-5-19-39-30/h9-18,21,30-32H,3-8,19-20,22H2,1-2H3. The summed E-state index contributed by atoms with van der Waals surface area (Å²) in [7, 11) is 3.12. The van der Waals surface area contributed by atoms with Crippen molar-refractivity contribution >= 4 is 27.2 Å². The van der Waals surface area contributed by atoms with E-state index in [0.717, 1.165) is 77.2 Å². The molecular formula is C35H38O8S. The number of carbonyl (C=O) groups excluding carboxylic acids is 1. The number of fused-ring (bicyclic) bond motifs is 1. The lowest BCUT2D eigenvalue weighted by Gasteiger charge is -2.23. The molecule has 0 amide bonds. The summed E-state index contributed by atoms with van der Waals surface area (Å²) < 4.78 is 40.9. The molecule has 8 nitrogen and oxygen atoms in total. The normalized spacial score (nSPS) is 18.8. The average Bonchev–Trinajstić information content (AvgIpc) is 3.45. The van der Waals surface area contributed by atoms with Crippen LogP contribution in [0.5, 0.6) is 17.2 Å². The Bertz CT molecular complexity index is 1520. The summed E-state index contributed by atoms with van der Waals surface area (Å²) in [6.45, 7) is 1.68. The molecule has 0 N–H and O–H groups in total. The fraction of sp³-hybridized carbons (Fsp3) is 0.400. The van der Waals surface area contributed by atoms with Gasteiger partial charge in [0.05, 0.1) is 13.2 Å². The van der Waals surface area contributed by atoms with Crippen molar-refractivity contribution in [3.63, 3.8) is 0 Å². The Balaban J connectivity index is 1.29. The van der Waals surface area contributed by atoms with E-state index in [4.69, 9.17) is 33.2 Å². The van der Waals surface area contributed by atoms with Crippen LogP contribution in [0.1, 0.15) is 54.4 Å². The summed E-state index contributed by atoms with van der Waals surface area (Å²) in [4.78, 5) is 15.0. The number of methoxy groups -OCH3 is 2. The third-order valence-electron chi connectivity index (χ3n) is 7.84. The molecule has 0 radical (unpaired) electrons. The van der Waals surface area contributed by atoms with Crippen LogP contribution in [0, 0.1) is 0 Å². The van der Waals surface area contributed by atoms with Crippen LogP contribution < -0.4 is 14.2 Å². The molecule has 9 heteroatoms. The molecule has 3 heterocycles. The molecule has 2 aliphatic heterocycles. The van der Waals surface area contributed by atoms with Gasteiger partial charge >= 0.3 is 0 Å². The number of thiophene rings is 1. The Morgan fingerprint density at radius 1 is 0.795 bits per heavy atom. The van der Waals surface area contributed by atoms with Gasteiger partial charge in [0.2, 0.25) is 0 Å². The maximum atomic E-state index is 14.2. The summed E-state index contributed by atoms with van der Waals surface area (Å²) in [5.41, 5.74) is 2.16. The highest BCUT2D eigenvalue weighted by molar-refractivity contribution is 7.22. The molecule has 2 atom stereocenters. The molecule has 2 saturated heterocycles. The third kappa shape index (κ3) is 7.25. The highest BCUT2D eigenvalue weighted by Gasteiger charge is 2.24. The van der Waals surface area contributed by atoms with E-state index >= 15 is 0 Å². The van der Waals surface area contributed by atoms with Crippen molar-refractivity contribution in [2.75, 3.05) is 34.0 Å². The summed E-state index contributed by atoms with van der Waals surface area (Å²) in [6, 6.07) is 21.0. The molecular weight excluding hydrogens is 580 g/mol. The van der Waals surface area contributed by atoms with Gasteiger partial charge < -0.3 is 33.2 Å². The van der Waals surface area contributed by atoms with Crippen molar-refractivity contribution in [2.24, 2.45) is 0 Å². The van der Waals surface area contributed by atoms with Gasteiger partial charge in [-0.3, -0.25) is 4.79 Å². The van der Waals surface area contributed by atoms with Gasteiger partial charge in [0.15, 0.2) is 24.7 Å². The molecule has 1 aromatic heterocycles. The van der Waals surface area contributed by atoms with Gasteiger partial charge in [0.25, 0.3) is 0 Å². The summed E-state index contributed by atoms with van der Waals surface area (Å²) in [6.07, 6.45) is 5.14. The second-order valence-corrected chi connectivity index (χ2v) is 11.9. The predicted octanol–water partition coefficient (Wildman–Crippen LogP) is 7.61. The number of ether oxygens (including phenoxy) is 7. The van der Waals surface area contributed by atoms with Gasteiger partial charge in [0.1, 0.15) is 23.9 Å². The summed E-state index contributed by atoms with van der Waals surface area (Å²) in [5, 5.41) is 0.881. The zero-order valence-electron chi connectivity index (χ0n) is 25.1. The largest absolute Gasteiger partial charge is 0.488 e. The molecule has 0 saturated carbocycles. The van der Waals surface area contributed by atoms with E-state index in [9.17, 15) is 4.79 Å². The van der Waals surface area contributed by atoms with Crippen LogP contribution in [0.2, 0.25) is 0 Å². The molecule has 2 unspecified atom stereocenters. The smallest absolute Gasteiger partial charge is 0.199 e. The van der Waals surface area contributed by atoms with Crippen LogP contribution in [-0.4, -0.2) is 58.7 Å². The van der Waals surface area contributed by atoms with Crippen LogP contribution in [0.4, 0.5) is 0 Å². The monoisotopic (exact) mass is 618 g/mol. The first-order chi connectivity index (χ1) is 21.6. The van der Waals surface area contributed by atoms with Gasteiger partial charge in [-0.1, -0.05) is 0 Å². The maximum absolute atomic E-state index is 14.2. The Morgan fingerprint density at radius 2 is 1.41 bits per heavy atom. The predicted molar refractivity (Wildman–Crippen MR) is 169 cm³/mol. The highest BCUT2D eigenvalue weighted by atomic mass is 32.1. The second kappa shape index (κ2) is 14.5. The van der Waals surface area contributed by atoms with Crippen LogP contribution in [-0.2, 0) is 18.9 Å². The minimum absolute atomic E-state index is 0.0651. The molecule has 3 aromatic carbocycles. The van der Waals surface area contributed by atoms with Gasteiger partial charge in [-0.2, -0.15) is 0 Å². The molecule has 6 rings (SSSR count). The van der Waals surface area contributed by atoms with E-state index in [1.807, 2.05) is 42.5 Å². The molecule has 44 heavy (non-hydrogen) atoms. The molecule has 232 valence electrons. The zero-order chi connectivity index (χ0) is 30.3. The zero-order valence-corrected chi connectivity index (χ0v) is 25.9. The molecule has 2 fully saturated rings. The van der Waals surface area contributed by atoms with Crippen LogP contribution in [0.3, 0.4) is 0 Å². The average molecular weight is 619 g/mol. The molecule has 0 spiro atoms. The lowest BCUT2D eigenvalue weighted by Crippen LogP contribution is -2.24. The minimum atomic E-state index is -0.471. The number of hydrogen-bond donors (Lipinski definition) is 0. The Labute approximate surface area is 261 Å². The van der Waals surface area contributed by atoms with E-state index in [2.05, 4.69) is 0 Å². The van der Waals surface area contributed by atoms with E-state index in [1.165, 1.54) is 0 Å². The van der Waals surface area contributed by atoms with Crippen LogP contribution >= 0.6 is 11.3 Å². The first kappa shape index (κ1) is 30.6. The summed E-state index contributed by atoms with van der Waals surface area (Å²) in [5.74, 6) is 2.04. The van der Waals surface area contributed by atoms with Gasteiger partial charge in [-0.05, 0) is 98.0 Å². The maximum Gasteiger partial charge on any atom is 0.199 e. The SMILES string of the molecule is COC(COc1ccc(C(=O)c2c(-c3ccc(OC4CCCCO4)cc3)sc3cc(OC4CCCCO4)ccc23)cc1)OC. The number of ketones is 1. The van der Waals surface area contributed by atoms with Gasteiger partial charge in [0, 0.05) is 53.2 Å². The Hall–Kier alpha value is -3.47. The van der Waals surface area contributed by atoms with Crippen molar-refractivity contribution in [2.45, 2.75) is 57.4 Å². The third-order valence-corrected chi connectivity index (χ3v) is 9.05. The molecule has 4 aromatic rings. The lowest BCUT2D eigenvalue weighted by molar-refractivity contribution is -0.121. The van der Waals surface area contributed by atoms with Gasteiger partial charge in [-0.15, -0.1) is 11.3 Å². The minimum Gasteiger partial charge on any atom is -0.488 e. The van der Waals surface area contributed by atoms with E-state index in [0.29, 0.717) is 23.5 Å². The summed E-state index contributed by atoms with van der Waals surface area (Å²) >= 11 is 1.58. The van der Waals surface area contributed by atoms with Crippen molar-refractivity contribution in [1.29, 1.82) is 0 Å². The van der Waals surface area contributed by atoms with Crippen LogP contribution in [0.15, 0.2) is 66.7 Å². The topological polar surface area (TPSA) is 81.7 Å². The van der Waals surface area contributed by atoms with Crippen molar-refractivity contribution in [3.05, 3.63) is 77.9 Å². The number of hydrogen-bond acceptors (Lipinski definition) is 9. The van der Waals surface area contributed by atoms with E-state index in [-0.39, 0.29) is 25.0 Å². The first-order valence-electron chi connectivity index (χ1n) is 15.2. The molecule has 0 aliphatic carbocycles. The Kier molecular flexibility index (Phi) is 10.1. The second-order valence-electron chi connectivity index (χ2n) is 10.9. The van der Waals surface area contributed by atoms with E-state index in [1.54, 1.807) is 49.8 Å². The van der Waals surface area contributed by atoms with E-state index < -0.39 is 6.29 Å². The van der Waals surface area contributed by atoms with Gasteiger partial charge in [-0.25, -0.2) is 0 Å². The fourth-order valence-corrected chi connectivity index (χ4v) is 6.65. The van der Waals surface area contributed by atoms with Crippen LogP contribution in [0.25, 0.3) is 20.5 Å². The number of benzene rings is 3. The molecule has 0 bridgehead atoms. The van der Waals surface area contributed by atoms with Crippen molar-refractivity contribution < 1.29 is 38.0 Å². The quantitative estimate of drug-likeness (QED) is 0.119. The lowest BCUT2D eigenvalue weighted by atomic mass is 9.97. The fourth-order valence-electron chi connectivity index (χ4n) is 5.42. The highest BCUT2D eigenvalue weighted by Crippen LogP contribution is 2.42. The van der Waals surface area contributed by atoms with Crippen molar-refractivity contribution in [1.82, 2.24) is 0 Å². The Morgan fingerprint density at radius 3 is 2.02 bits per heavy atom.